The van der Waals surface area contributed by atoms with Gasteiger partial charge in [-0.3, -0.25) is 0 Å². The molecule has 0 atom stereocenters. The fourth-order valence-electron chi connectivity index (χ4n) is 2.36. The van der Waals surface area contributed by atoms with Crippen molar-refractivity contribution < 1.29 is 18.4 Å². The smallest absolute Gasteiger partial charge is 0.379 e. The zero-order valence-corrected chi connectivity index (χ0v) is 12.2. The number of hydrogen-bond donors (Lipinski definition) is 0. The van der Waals surface area contributed by atoms with Crippen LogP contribution in [0, 0.1) is 6.92 Å². The molecule has 3 rings (SSSR count). The molecule has 0 bridgehead atoms. The molecule has 0 aliphatic carbocycles. The van der Waals surface area contributed by atoms with Crippen molar-refractivity contribution in [2.24, 2.45) is 0 Å². The first-order valence-electron chi connectivity index (χ1n) is 6.92. The van der Waals surface area contributed by atoms with E-state index in [4.69, 9.17) is 13.6 Å². The van der Waals surface area contributed by atoms with E-state index in [1.54, 1.807) is 25.1 Å². The van der Waals surface area contributed by atoms with Gasteiger partial charge in [-0.1, -0.05) is 6.92 Å². The minimum absolute atomic E-state index is 0.114. The number of carbonyl (C=O) groups is 1. The summed E-state index contributed by atoms with van der Waals surface area (Å²) >= 11 is 0. The van der Waals surface area contributed by atoms with E-state index in [1.165, 1.54) is 18.4 Å². The fourth-order valence-corrected chi connectivity index (χ4v) is 2.36. The van der Waals surface area contributed by atoms with E-state index in [0.29, 0.717) is 23.3 Å². The lowest BCUT2D eigenvalue weighted by Gasteiger charge is -2.10. The first-order chi connectivity index (χ1) is 10.6. The predicted octanol–water partition coefficient (Wildman–Crippen LogP) is 3.48. The van der Waals surface area contributed by atoms with Crippen LogP contribution in [0.4, 0.5) is 0 Å². The summed E-state index contributed by atoms with van der Waals surface area (Å²) in [5, 5.41) is 0.845. The summed E-state index contributed by atoms with van der Waals surface area (Å²) in [6.45, 7) is 3.71. The second-order valence-electron chi connectivity index (χ2n) is 4.88. The van der Waals surface area contributed by atoms with E-state index < -0.39 is 11.6 Å². The highest BCUT2D eigenvalue weighted by Gasteiger charge is 2.16. The number of fused-ring (bicyclic) bond motifs is 1. The molecule has 0 radical (unpaired) electrons. The molecular formula is C17H14O5. The first-order valence-corrected chi connectivity index (χ1v) is 6.92. The highest BCUT2D eigenvalue weighted by Crippen LogP contribution is 2.29. The van der Waals surface area contributed by atoms with Gasteiger partial charge in [0.05, 0.1) is 6.26 Å². The Morgan fingerprint density at radius 3 is 2.77 bits per heavy atom. The Balaban J connectivity index is 2.07. The van der Waals surface area contributed by atoms with Crippen molar-refractivity contribution in [3.63, 3.8) is 0 Å². The van der Waals surface area contributed by atoms with Crippen molar-refractivity contribution in [2.45, 2.75) is 20.3 Å². The van der Waals surface area contributed by atoms with Crippen LogP contribution in [0.2, 0.25) is 0 Å². The standard InChI is InChI=1S/C17H14O5/c1-3-11-9-15(18)22-16-10(2)13(7-6-12(11)16)21-17(19)14-5-4-8-20-14/h4-9H,3H2,1-2H3. The molecule has 0 unspecified atom stereocenters. The first kappa shape index (κ1) is 14.1. The Morgan fingerprint density at radius 2 is 2.09 bits per heavy atom. The van der Waals surface area contributed by atoms with Crippen molar-refractivity contribution in [3.8, 4) is 5.75 Å². The molecule has 0 fully saturated rings. The lowest BCUT2D eigenvalue weighted by Crippen LogP contribution is -2.09. The molecule has 2 heterocycles. The zero-order chi connectivity index (χ0) is 15.7. The number of benzene rings is 1. The van der Waals surface area contributed by atoms with E-state index in [0.717, 1.165) is 10.9 Å². The van der Waals surface area contributed by atoms with Gasteiger partial charge in [-0.2, -0.15) is 0 Å². The van der Waals surface area contributed by atoms with Gasteiger partial charge in [0.25, 0.3) is 0 Å². The molecule has 2 aromatic heterocycles. The zero-order valence-electron chi connectivity index (χ0n) is 12.2. The van der Waals surface area contributed by atoms with Gasteiger partial charge >= 0.3 is 11.6 Å². The molecule has 0 aliphatic heterocycles. The van der Waals surface area contributed by atoms with Crippen LogP contribution in [0.25, 0.3) is 11.0 Å². The van der Waals surface area contributed by atoms with Crippen LogP contribution >= 0.6 is 0 Å². The van der Waals surface area contributed by atoms with Crippen molar-refractivity contribution in [1.82, 2.24) is 0 Å². The summed E-state index contributed by atoms with van der Waals surface area (Å²) in [6, 6.07) is 8.09. The minimum atomic E-state index is -0.596. The van der Waals surface area contributed by atoms with Crippen LogP contribution in [0.3, 0.4) is 0 Å². The summed E-state index contributed by atoms with van der Waals surface area (Å²) in [5.74, 6) is -0.144. The van der Waals surface area contributed by atoms with Crippen molar-refractivity contribution in [1.29, 1.82) is 0 Å². The summed E-state index contributed by atoms with van der Waals surface area (Å²) < 4.78 is 15.6. The number of ether oxygens (including phenoxy) is 1. The average molecular weight is 298 g/mol. The Labute approximate surface area is 126 Å². The summed E-state index contributed by atoms with van der Waals surface area (Å²) in [4.78, 5) is 23.6. The maximum Gasteiger partial charge on any atom is 0.379 e. The maximum absolute atomic E-state index is 11.9. The number of hydrogen-bond acceptors (Lipinski definition) is 5. The van der Waals surface area contributed by atoms with Crippen LogP contribution in [0.1, 0.15) is 28.6 Å². The van der Waals surface area contributed by atoms with Crippen LogP contribution in [-0.2, 0) is 6.42 Å². The molecular weight excluding hydrogens is 284 g/mol. The molecule has 0 saturated heterocycles. The third kappa shape index (κ3) is 2.41. The van der Waals surface area contributed by atoms with Gasteiger partial charge in [0.15, 0.2) is 0 Å². The molecule has 3 aromatic rings. The van der Waals surface area contributed by atoms with Crippen molar-refractivity contribution in [2.75, 3.05) is 0 Å². The number of rotatable bonds is 3. The summed E-state index contributed by atoms with van der Waals surface area (Å²) in [7, 11) is 0. The molecule has 1 aromatic carbocycles. The lowest BCUT2D eigenvalue weighted by atomic mass is 10.0. The second-order valence-corrected chi connectivity index (χ2v) is 4.88. The van der Waals surface area contributed by atoms with E-state index in [1.807, 2.05) is 6.92 Å². The van der Waals surface area contributed by atoms with Crippen LogP contribution in [0.15, 0.2) is 50.2 Å². The van der Waals surface area contributed by atoms with E-state index in [2.05, 4.69) is 0 Å². The van der Waals surface area contributed by atoms with Crippen LogP contribution in [0.5, 0.6) is 5.75 Å². The average Bonchev–Trinajstić information content (AvgIpc) is 3.04. The topological polar surface area (TPSA) is 69.7 Å². The Hall–Kier alpha value is -2.82. The molecule has 22 heavy (non-hydrogen) atoms. The largest absolute Gasteiger partial charge is 0.457 e. The van der Waals surface area contributed by atoms with Gasteiger partial charge in [0.1, 0.15) is 11.3 Å². The third-order valence-corrected chi connectivity index (χ3v) is 3.50. The van der Waals surface area contributed by atoms with Gasteiger partial charge in [0.2, 0.25) is 5.76 Å². The van der Waals surface area contributed by atoms with Crippen molar-refractivity contribution in [3.05, 3.63) is 63.9 Å². The maximum atomic E-state index is 11.9. The third-order valence-electron chi connectivity index (χ3n) is 3.50. The molecule has 0 N–H and O–H groups in total. The molecule has 0 aliphatic rings. The summed E-state index contributed by atoms with van der Waals surface area (Å²) in [6.07, 6.45) is 2.11. The lowest BCUT2D eigenvalue weighted by molar-refractivity contribution is 0.0700. The van der Waals surface area contributed by atoms with Gasteiger partial charge in [-0.15, -0.1) is 0 Å². The van der Waals surface area contributed by atoms with E-state index in [-0.39, 0.29) is 5.76 Å². The predicted molar refractivity (Wildman–Crippen MR) is 80.3 cm³/mol. The number of aryl methyl sites for hydroxylation is 2. The molecule has 0 amide bonds. The molecule has 0 spiro atoms. The minimum Gasteiger partial charge on any atom is -0.457 e. The molecule has 0 saturated carbocycles. The SMILES string of the molecule is CCc1cc(=O)oc2c(C)c(OC(=O)c3ccco3)ccc12. The highest BCUT2D eigenvalue weighted by molar-refractivity contribution is 5.90. The fraction of sp³-hybridized carbons (Fsp3) is 0.176. The van der Waals surface area contributed by atoms with Gasteiger partial charge in [-0.25, -0.2) is 9.59 Å². The highest BCUT2D eigenvalue weighted by atomic mass is 16.5. The van der Waals surface area contributed by atoms with Crippen molar-refractivity contribution >= 4 is 16.9 Å². The number of furan rings is 1. The Kier molecular flexibility index (Phi) is 3.55. The summed E-state index contributed by atoms with van der Waals surface area (Å²) in [5.41, 5.74) is 1.53. The normalized spacial score (nSPS) is 10.8. The Bertz CT molecular complexity index is 887. The quantitative estimate of drug-likeness (QED) is 0.420. The second kappa shape index (κ2) is 5.52. The van der Waals surface area contributed by atoms with E-state index in [9.17, 15) is 9.59 Å². The molecule has 5 nitrogen and oxygen atoms in total. The van der Waals surface area contributed by atoms with Gasteiger partial charge in [0, 0.05) is 17.0 Å². The van der Waals surface area contributed by atoms with Crippen LogP contribution < -0.4 is 10.4 Å². The van der Waals surface area contributed by atoms with Gasteiger partial charge in [-0.05, 0) is 43.2 Å². The van der Waals surface area contributed by atoms with Gasteiger partial charge < -0.3 is 13.6 Å². The number of carbonyl (C=O) groups excluding carboxylic acids is 1. The monoisotopic (exact) mass is 298 g/mol. The molecule has 5 heteroatoms. The Morgan fingerprint density at radius 1 is 1.27 bits per heavy atom. The molecule has 112 valence electrons. The van der Waals surface area contributed by atoms with Crippen LogP contribution in [-0.4, -0.2) is 5.97 Å². The van der Waals surface area contributed by atoms with E-state index >= 15 is 0 Å². The number of esters is 1.